The number of carbonyl (C=O) groups is 1. The van der Waals surface area contributed by atoms with Gasteiger partial charge in [0, 0.05) is 0 Å². The minimum atomic E-state index is -1.13. The quantitative estimate of drug-likeness (QED) is 0.476. The minimum absolute atomic E-state index is 0.311. The van der Waals surface area contributed by atoms with Gasteiger partial charge in [-0.15, -0.1) is 5.73 Å². The van der Waals surface area contributed by atoms with E-state index < -0.39 is 11.5 Å². The van der Waals surface area contributed by atoms with Crippen LogP contribution in [0.2, 0.25) is 0 Å². The lowest BCUT2D eigenvalue weighted by atomic mass is 9.94. The summed E-state index contributed by atoms with van der Waals surface area (Å²) in [6.07, 6.45) is 2.54. The van der Waals surface area contributed by atoms with E-state index >= 15 is 0 Å². The van der Waals surface area contributed by atoms with E-state index in [4.69, 9.17) is 16.2 Å². The van der Waals surface area contributed by atoms with E-state index in [-0.39, 0.29) is 0 Å². The largest absolute Gasteiger partial charge is 0.464 e. The average Bonchev–Trinajstić information content (AvgIpc) is 2.15. The fourth-order valence-corrected chi connectivity index (χ4v) is 1.08. The van der Waals surface area contributed by atoms with Crippen molar-refractivity contribution in [1.29, 1.82) is 0 Å². The third-order valence-electron chi connectivity index (χ3n) is 1.81. The van der Waals surface area contributed by atoms with E-state index in [1.54, 1.807) is 6.92 Å². The van der Waals surface area contributed by atoms with Crippen LogP contribution in [0, 0.1) is 0 Å². The summed E-state index contributed by atoms with van der Waals surface area (Å²) in [6, 6.07) is 0. The first kappa shape index (κ1) is 12.9. The lowest BCUT2D eigenvalue weighted by molar-refractivity contribution is -0.147. The van der Waals surface area contributed by atoms with Gasteiger partial charge in [-0.05, 0) is 32.4 Å². The zero-order valence-electron chi connectivity index (χ0n) is 8.58. The van der Waals surface area contributed by atoms with E-state index in [1.807, 2.05) is 0 Å². The number of ether oxygens (including phenoxy) is 1. The molecule has 0 aromatic carbocycles. The zero-order valence-corrected chi connectivity index (χ0v) is 8.58. The molecule has 0 saturated heterocycles. The molecular weight excluding hydrogens is 180 g/mol. The Labute approximate surface area is 84.6 Å². The molecule has 0 unspecified atom stereocenters. The molecule has 0 aromatic rings. The maximum atomic E-state index is 11.5. The average molecular weight is 198 g/mol. The number of nitrogens with two attached hydrogens (primary N) is 2. The van der Waals surface area contributed by atoms with Crippen molar-refractivity contribution in [3.63, 3.8) is 0 Å². The Morgan fingerprint density at radius 2 is 2.36 bits per heavy atom. The second-order valence-corrected chi connectivity index (χ2v) is 3.00. The van der Waals surface area contributed by atoms with Crippen molar-refractivity contribution in [2.24, 2.45) is 11.5 Å². The van der Waals surface area contributed by atoms with Gasteiger partial charge >= 0.3 is 5.97 Å². The third-order valence-corrected chi connectivity index (χ3v) is 1.81. The molecular formula is C10H18N2O2. The van der Waals surface area contributed by atoms with Gasteiger partial charge in [-0.1, -0.05) is 6.58 Å². The number of hydrogen-bond acceptors (Lipinski definition) is 4. The Hall–Kier alpha value is -1.09. The van der Waals surface area contributed by atoms with Crippen molar-refractivity contribution < 1.29 is 9.53 Å². The van der Waals surface area contributed by atoms with E-state index in [0.29, 0.717) is 26.0 Å². The summed E-state index contributed by atoms with van der Waals surface area (Å²) in [4.78, 5) is 11.5. The van der Waals surface area contributed by atoms with Crippen LogP contribution in [0.5, 0.6) is 0 Å². The Kier molecular flexibility index (Phi) is 5.88. The zero-order chi connectivity index (χ0) is 11.0. The number of carbonyl (C=O) groups excluding carboxylic acids is 1. The van der Waals surface area contributed by atoms with Crippen molar-refractivity contribution in [3.8, 4) is 0 Å². The smallest absolute Gasteiger partial charge is 0.330 e. The molecule has 0 rings (SSSR count). The van der Waals surface area contributed by atoms with Gasteiger partial charge in [0.2, 0.25) is 0 Å². The maximum Gasteiger partial charge on any atom is 0.330 e. The number of esters is 1. The lowest BCUT2D eigenvalue weighted by Gasteiger charge is -2.22. The second kappa shape index (κ2) is 6.38. The molecule has 0 bridgehead atoms. The predicted octanol–water partition coefficient (Wildman–Crippen LogP) is 0.327. The van der Waals surface area contributed by atoms with Gasteiger partial charge in [-0.3, -0.25) is 0 Å². The fraction of sp³-hybridized carbons (Fsp3) is 0.600. The molecule has 0 aliphatic rings. The highest BCUT2D eigenvalue weighted by atomic mass is 16.5. The number of rotatable bonds is 6. The normalized spacial score (nSPS) is 13.9. The molecule has 0 amide bonds. The van der Waals surface area contributed by atoms with Crippen LogP contribution in [0.4, 0.5) is 0 Å². The molecule has 0 spiro atoms. The molecule has 0 aliphatic carbocycles. The summed E-state index contributed by atoms with van der Waals surface area (Å²) in [6.45, 7) is 5.93. The molecule has 4 nitrogen and oxygen atoms in total. The van der Waals surface area contributed by atoms with Crippen LogP contribution in [0.15, 0.2) is 18.4 Å². The van der Waals surface area contributed by atoms with Gasteiger partial charge in [0.25, 0.3) is 0 Å². The van der Waals surface area contributed by atoms with Gasteiger partial charge < -0.3 is 16.2 Å². The van der Waals surface area contributed by atoms with Crippen molar-refractivity contribution in [1.82, 2.24) is 0 Å². The van der Waals surface area contributed by atoms with E-state index in [0.717, 1.165) is 0 Å². The van der Waals surface area contributed by atoms with Crippen molar-refractivity contribution >= 4 is 5.97 Å². The van der Waals surface area contributed by atoms with E-state index in [2.05, 4.69) is 12.3 Å². The standard InChI is InChI=1S/C10H18N2O2/c1-3-6-10(12,7-5-8-11)9(13)14-4-2/h6H,1,4-5,7-8,11-12H2,2H3/t10-/m0/s1. The SMILES string of the molecule is C=C=C[C@](N)(CCCN)C(=O)OCC. The van der Waals surface area contributed by atoms with Crippen LogP contribution in [-0.4, -0.2) is 24.7 Å². The van der Waals surface area contributed by atoms with Crippen LogP contribution in [-0.2, 0) is 9.53 Å². The molecule has 1 atom stereocenters. The molecule has 4 N–H and O–H groups in total. The van der Waals surface area contributed by atoms with Gasteiger partial charge in [0.1, 0.15) is 5.54 Å². The minimum Gasteiger partial charge on any atom is -0.464 e. The van der Waals surface area contributed by atoms with Gasteiger partial charge in [0.15, 0.2) is 0 Å². The van der Waals surface area contributed by atoms with Crippen LogP contribution in [0.3, 0.4) is 0 Å². The summed E-state index contributed by atoms with van der Waals surface area (Å²) in [5.41, 5.74) is 12.6. The van der Waals surface area contributed by atoms with Crippen molar-refractivity contribution in [2.45, 2.75) is 25.3 Å². The summed E-state index contributed by atoms with van der Waals surface area (Å²) in [7, 11) is 0. The summed E-state index contributed by atoms with van der Waals surface area (Å²) in [5.74, 6) is -0.454. The van der Waals surface area contributed by atoms with Crippen LogP contribution < -0.4 is 11.5 Å². The molecule has 0 fully saturated rings. The molecule has 0 aromatic heterocycles. The first-order valence-corrected chi connectivity index (χ1v) is 4.64. The monoisotopic (exact) mass is 198 g/mol. The molecule has 0 heterocycles. The molecule has 80 valence electrons. The molecule has 0 radical (unpaired) electrons. The lowest BCUT2D eigenvalue weighted by Crippen LogP contribution is -2.47. The first-order valence-electron chi connectivity index (χ1n) is 4.64. The highest BCUT2D eigenvalue weighted by Gasteiger charge is 2.32. The molecule has 14 heavy (non-hydrogen) atoms. The second-order valence-electron chi connectivity index (χ2n) is 3.00. The Bertz CT molecular complexity index is 234. The topological polar surface area (TPSA) is 78.3 Å². The summed E-state index contributed by atoms with van der Waals surface area (Å²) in [5, 5.41) is 0. The fourth-order valence-electron chi connectivity index (χ4n) is 1.08. The maximum absolute atomic E-state index is 11.5. The highest BCUT2D eigenvalue weighted by Crippen LogP contribution is 2.13. The summed E-state index contributed by atoms with van der Waals surface area (Å²) < 4.78 is 4.85. The summed E-state index contributed by atoms with van der Waals surface area (Å²) >= 11 is 0. The Morgan fingerprint density at radius 3 is 2.79 bits per heavy atom. The molecule has 0 aliphatic heterocycles. The van der Waals surface area contributed by atoms with Crippen molar-refractivity contribution in [3.05, 3.63) is 18.4 Å². The van der Waals surface area contributed by atoms with E-state index in [1.165, 1.54) is 6.08 Å². The Morgan fingerprint density at radius 1 is 1.71 bits per heavy atom. The van der Waals surface area contributed by atoms with Crippen molar-refractivity contribution in [2.75, 3.05) is 13.2 Å². The van der Waals surface area contributed by atoms with Crippen LogP contribution in [0.25, 0.3) is 0 Å². The van der Waals surface area contributed by atoms with Crippen LogP contribution >= 0.6 is 0 Å². The predicted molar refractivity (Wildman–Crippen MR) is 55.5 cm³/mol. The van der Waals surface area contributed by atoms with Gasteiger partial charge in [-0.2, -0.15) is 0 Å². The molecule has 4 heteroatoms. The first-order chi connectivity index (χ1) is 6.60. The molecule has 0 saturated carbocycles. The highest BCUT2D eigenvalue weighted by molar-refractivity contribution is 5.83. The van der Waals surface area contributed by atoms with E-state index in [9.17, 15) is 4.79 Å². The van der Waals surface area contributed by atoms with Gasteiger partial charge in [0.05, 0.1) is 6.61 Å². The van der Waals surface area contributed by atoms with Crippen LogP contribution in [0.1, 0.15) is 19.8 Å². The number of hydrogen-bond donors (Lipinski definition) is 2. The van der Waals surface area contributed by atoms with Gasteiger partial charge in [-0.25, -0.2) is 4.79 Å². The Balaban J connectivity index is 4.52. The third kappa shape index (κ3) is 3.75.